The molecule has 3 rings (SSSR count). The Labute approximate surface area is 139 Å². The molecule has 2 aromatic rings. The van der Waals surface area contributed by atoms with Crippen molar-refractivity contribution in [2.75, 3.05) is 12.9 Å². The van der Waals surface area contributed by atoms with Crippen LogP contribution in [0.5, 0.6) is 5.75 Å². The van der Waals surface area contributed by atoms with E-state index in [1.807, 2.05) is 54.6 Å². The van der Waals surface area contributed by atoms with Gasteiger partial charge in [-0.15, -0.1) is 0 Å². The maximum absolute atomic E-state index is 12.3. The number of rotatable bonds is 4. The van der Waals surface area contributed by atoms with Gasteiger partial charge in [-0.25, -0.2) is 0 Å². The van der Waals surface area contributed by atoms with E-state index < -0.39 is 0 Å². The maximum atomic E-state index is 12.3. The van der Waals surface area contributed by atoms with E-state index in [1.165, 1.54) is 11.8 Å². The van der Waals surface area contributed by atoms with E-state index in [9.17, 15) is 4.79 Å². The number of carbonyl (C=O) groups excluding carboxylic acids is 1. The van der Waals surface area contributed by atoms with Crippen LogP contribution in [0.15, 0.2) is 54.6 Å². The lowest BCUT2D eigenvalue weighted by Crippen LogP contribution is -2.33. The first-order valence-electron chi connectivity index (χ1n) is 6.88. The highest BCUT2D eigenvalue weighted by molar-refractivity contribution is 8.23. The van der Waals surface area contributed by atoms with Crippen molar-refractivity contribution in [1.29, 1.82) is 0 Å². The number of ether oxygens (including phenoxy) is 1. The molecule has 0 aromatic heterocycles. The van der Waals surface area contributed by atoms with Gasteiger partial charge in [-0.3, -0.25) is 9.69 Å². The topological polar surface area (TPSA) is 29.5 Å². The quantitative estimate of drug-likeness (QED) is 0.801. The summed E-state index contributed by atoms with van der Waals surface area (Å²) < 4.78 is 5.85. The first-order valence-corrected chi connectivity index (χ1v) is 8.28. The van der Waals surface area contributed by atoms with Crippen LogP contribution in [0, 0.1) is 0 Å². The minimum absolute atomic E-state index is 0.0553. The summed E-state index contributed by atoms with van der Waals surface area (Å²) in [7, 11) is 1.64. The number of benzene rings is 2. The third-order valence-electron chi connectivity index (χ3n) is 3.59. The first kappa shape index (κ1) is 15.1. The highest BCUT2D eigenvalue weighted by Crippen LogP contribution is 2.35. The zero-order valence-electron chi connectivity index (χ0n) is 12.1. The minimum Gasteiger partial charge on any atom is -0.497 e. The van der Waals surface area contributed by atoms with E-state index in [4.69, 9.17) is 17.0 Å². The molecule has 2 aromatic carbocycles. The smallest absolute Gasteiger partial charge is 0.239 e. The molecule has 1 saturated heterocycles. The minimum atomic E-state index is -0.192. The van der Waals surface area contributed by atoms with Crippen molar-refractivity contribution in [3.63, 3.8) is 0 Å². The third-order valence-corrected chi connectivity index (χ3v) is 4.97. The lowest BCUT2D eigenvalue weighted by molar-refractivity contribution is -0.125. The fraction of sp³-hybridized carbons (Fsp3) is 0.176. The van der Waals surface area contributed by atoms with Gasteiger partial charge in [0.15, 0.2) is 0 Å². The third kappa shape index (κ3) is 2.87. The van der Waals surface area contributed by atoms with Crippen molar-refractivity contribution in [2.24, 2.45) is 0 Å². The summed E-state index contributed by atoms with van der Waals surface area (Å²) in [6.07, 6.45) is 0. The summed E-state index contributed by atoms with van der Waals surface area (Å²) in [6.45, 7) is 0. The molecule has 1 aliphatic heterocycles. The number of nitrogens with zero attached hydrogens (tertiary/aromatic N) is 1. The van der Waals surface area contributed by atoms with Gasteiger partial charge < -0.3 is 4.74 Å². The molecule has 112 valence electrons. The van der Waals surface area contributed by atoms with E-state index in [1.54, 1.807) is 12.0 Å². The van der Waals surface area contributed by atoms with Crippen molar-refractivity contribution < 1.29 is 9.53 Å². The highest BCUT2D eigenvalue weighted by Gasteiger charge is 2.34. The summed E-state index contributed by atoms with van der Waals surface area (Å²) in [5, 5.41) is 0. The van der Waals surface area contributed by atoms with Gasteiger partial charge in [-0.2, -0.15) is 0 Å². The van der Waals surface area contributed by atoms with Gasteiger partial charge >= 0.3 is 0 Å². The largest absolute Gasteiger partial charge is 0.497 e. The predicted molar refractivity (Wildman–Crippen MR) is 93.2 cm³/mol. The fourth-order valence-corrected chi connectivity index (χ4v) is 3.64. The Morgan fingerprint density at radius 3 is 2.27 bits per heavy atom. The number of hydrogen-bond acceptors (Lipinski definition) is 4. The molecule has 5 heteroatoms. The van der Waals surface area contributed by atoms with Crippen LogP contribution in [0.2, 0.25) is 0 Å². The average molecular weight is 329 g/mol. The standard InChI is InChI=1S/C17H15NO2S2/c1-20-14-9-7-13(8-10-14)16(12-5-3-2-4-6-12)18-15(19)11-22-17(18)21/h2-10,16H,11H2,1H3. The molecule has 22 heavy (non-hydrogen) atoms. The van der Waals surface area contributed by atoms with E-state index >= 15 is 0 Å². The fourth-order valence-electron chi connectivity index (χ4n) is 2.53. The Balaban J connectivity index is 2.06. The second-order valence-corrected chi connectivity index (χ2v) is 6.51. The van der Waals surface area contributed by atoms with Gasteiger partial charge in [-0.05, 0) is 23.3 Å². The Hall–Kier alpha value is -1.85. The van der Waals surface area contributed by atoms with Crippen molar-refractivity contribution >= 4 is 34.2 Å². The van der Waals surface area contributed by atoms with Crippen molar-refractivity contribution in [3.05, 3.63) is 65.7 Å². The number of carbonyl (C=O) groups is 1. The summed E-state index contributed by atoms with van der Waals surface area (Å²) in [4.78, 5) is 14.0. The second-order valence-electron chi connectivity index (χ2n) is 4.90. The Bertz CT molecular complexity index is 670. The van der Waals surface area contributed by atoms with Crippen molar-refractivity contribution in [3.8, 4) is 5.75 Å². The van der Waals surface area contributed by atoms with E-state index in [0.29, 0.717) is 10.1 Å². The molecule has 0 aliphatic carbocycles. The summed E-state index contributed by atoms with van der Waals surface area (Å²) >= 11 is 6.81. The number of thioether (sulfide) groups is 1. The number of amides is 1. The van der Waals surface area contributed by atoms with Crippen molar-refractivity contribution in [1.82, 2.24) is 4.90 Å². The molecule has 1 amide bonds. The molecule has 0 N–H and O–H groups in total. The lowest BCUT2D eigenvalue weighted by atomic mass is 9.97. The zero-order valence-corrected chi connectivity index (χ0v) is 13.7. The zero-order chi connectivity index (χ0) is 15.5. The van der Waals surface area contributed by atoms with Crippen LogP contribution in [0.4, 0.5) is 0 Å². The molecule has 0 spiro atoms. The summed E-state index contributed by atoms with van der Waals surface area (Å²) in [5.74, 6) is 1.26. The second kappa shape index (κ2) is 6.50. The number of methoxy groups -OCH3 is 1. The van der Waals surface area contributed by atoms with Gasteiger partial charge in [-0.1, -0.05) is 66.4 Å². The molecule has 1 unspecified atom stereocenters. The number of thiocarbonyl (C=S) groups is 1. The summed E-state index contributed by atoms with van der Waals surface area (Å²) in [6, 6.07) is 17.5. The molecule has 1 atom stereocenters. The van der Waals surface area contributed by atoms with Crippen molar-refractivity contribution in [2.45, 2.75) is 6.04 Å². The Morgan fingerprint density at radius 2 is 1.73 bits per heavy atom. The molecule has 1 aliphatic rings. The summed E-state index contributed by atoms with van der Waals surface area (Å²) in [5.41, 5.74) is 2.07. The van der Waals surface area contributed by atoms with Crippen LogP contribution in [0.25, 0.3) is 0 Å². The van der Waals surface area contributed by atoms with E-state index in [0.717, 1.165) is 16.9 Å². The van der Waals surface area contributed by atoms with Gasteiger partial charge in [0.1, 0.15) is 10.1 Å². The van der Waals surface area contributed by atoms with Gasteiger partial charge in [0.25, 0.3) is 0 Å². The van der Waals surface area contributed by atoms with E-state index in [-0.39, 0.29) is 11.9 Å². The number of hydrogen-bond donors (Lipinski definition) is 0. The van der Waals surface area contributed by atoms with Gasteiger partial charge in [0, 0.05) is 0 Å². The van der Waals surface area contributed by atoms with Crippen LogP contribution in [-0.4, -0.2) is 28.0 Å². The molecular formula is C17H15NO2S2. The molecule has 1 heterocycles. The van der Waals surface area contributed by atoms with Gasteiger partial charge in [0.05, 0.1) is 18.9 Å². The predicted octanol–water partition coefficient (Wildman–Crippen LogP) is 3.64. The molecule has 0 saturated carbocycles. The Kier molecular flexibility index (Phi) is 4.45. The van der Waals surface area contributed by atoms with Crippen LogP contribution in [-0.2, 0) is 4.79 Å². The molecule has 3 nitrogen and oxygen atoms in total. The highest BCUT2D eigenvalue weighted by atomic mass is 32.2. The van der Waals surface area contributed by atoms with Gasteiger partial charge in [0.2, 0.25) is 5.91 Å². The molecule has 0 radical (unpaired) electrons. The van der Waals surface area contributed by atoms with Crippen LogP contribution in [0.1, 0.15) is 17.2 Å². The normalized spacial score (nSPS) is 16.0. The SMILES string of the molecule is COc1ccc(C(c2ccccc2)N2C(=O)CSC2=S)cc1. The first-order chi connectivity index (χ1) is 10.7. The average Bonchev–Trinajstić information content (AvgIpc) is 2.89. The lowest BCUT2D eigenvalue weighted by Gasteiger charge is -2.28. The van der Waals surface area contributed by atoms with E-state index in [2.05, 4.69) is 0 Å². The monoisotopic (exact) mass is 329 g/mol. The molecule has 1 fully saturated rings. The van der Waals surface area contributed by atoms with Crippen LogP contribution < -0.4 is 4.74 Å². The van der Waals surface area contributed by atoms with Crippen LogP contribution >= 0.6 is 24.0 Å². The molecule has 0 bridgehead atoms. The maximum Gasteiger partial charge on any atom is 0.239 e. The molecular weight excluding hydrogens is 314 g/mol. The Morgan fingerprint density at radius 1 is 1.09 bits per heavy atom. The van der Waals surface area contributed by atoms with Crippen LogP contribution in [0.3, 0.4) is 0 Å².